The van der Waals surface area contributed by atoms with Crippen LogP contribution >= 0.6 is 11.8 Å². The molecule has 24 heavy (non-hydrogen) atoms. The van der Waals surface area contributed by atoms with Crippen LogP contribution in [0.3, 0.4) is 0 Å². The number of benzene rings is 1. The second kappa shape index (κ2) is 7.96. The molecule has 1 unspecified atom stereocenters. The molecule has 1 amide bonds. The maximum absolute atomic E-state index is 12.4. The van der Waals surface area contributed by atoms with Crippen molar-refractivity contribution in [3.05, 3.63) is 51.2 Å². The number of rotatable bonds is 6. The van der Waals surface area contributed by atoms with E-state index in [2.05, 4.69) is 5.32 Å². The molecule has 0 saturated heterocycles. The molecule has 1 heterocycles. The van der Waals surface area contributed by atoms with E-state index < -0.39 is 16.8 Å². The average molecular weight is 350 g/mol. The van der Waals surface area contributed by atoms with Gasteiger partial charge in [-0.2, -0.15) is 11.8 Å². The maximum Gasteiger partial charge on any atom is 0.336 e. The largest absolute Gasteiger partial charge is 0.461 e. The zero-order chi connectivity index (χ0) is 17.7. The third-order valence-electron chi connectivity index (χ3n) is 3.72. The Morgan fingerprint density at radius 2 is 2.17 bits per heavy atom. The van der Waals surface area contributed by atoms with E-state index in [1.165, 1.54) is 6.07 Å². The minimum atomic E-state index is -0.692. The van der Waals surface area contributed by atoms with Gasteiger partial charge in [0.25, 0.3) is 5.69 Å². The number of nitrogens with one attached hydrogen (secondary N) is 1. The van der Waals surface area contributed by atoms with Crippen LogP contribution < -0.4 is 5.32 Å². The van der Waals surface area contributed by atoms with Gasteiger partial charge in [0.1, 0.15) is 6.61 Å². The van der Waals surface area contributed by atoms with Crippen molar-refractivity contribution in [2.24, 2.45) is 0 Å². The van der Waals surface area contributed by atoms with E-state index in [9.17, 15) is 19.7 Å². The fourth-order valence-electron chi connectivity index (χ4n) is 2.68. The first-order valence-corrected chi connectivity index (χ1v) is 8.75. The second-order valence-electron chi connectivity index (χ2n) is 5.29. The summed E-state index contributed by atoms with van der Waals surface area (Å²) in [5.74, 6) is -0.872. The molecule has 8 heteroatoms. The molecule has 1 aliphatic heterocycles. The highest BCUT2D eigenvalue weighted by Gasteiger charge is 2.36. The first-order chi connectivity index (χ1) is 11.5. The van der Waals surface area contributed by atoms with Crippen LogP contribution in [0.2, 0.25) is 0 Å². The summed E-state index contributed by atoms with van der Waals surface area (Å²) >= 11 is 1.54. The number of esters is 1. The topological polar surface area (TPSA) is 98.5 Å². The van der Waals surface area contributed by atoms with Gasteiger partial charge in [0, 0.05) is 35.4 Å². The van der Waals surface area contributed by atoms with Crippen molar-refractivity contribution < 1.29 is 19.2 Å². The molecular formula is C16H18N2O5S. The van der Waals surface area contributed by atoms with Gasteiger partial charge in [0.15, 0.2) is 0 Å². The summed E-state index contributed by atoms with van der Waals surface area (Å²) in [4.78, 5) is 35.1. The van der Waals surface area contributed by atoms with Crippen LogP contribution in [0.1, 0.15) is 24.8 Å². The molecule has 1 aromatic rings. The van der Waals surface area contributed by atoms with Crippen LogP contribution in [0.4, 0.5) is 5.69 Å². The lowest BCUT2D eigenvalue weighted by molar-refractivity contribution is -0.385. The fourth-order valence-corrected chi connectivity index (χ4v) is 2.93. The number of hydrogen-bond donors (Lipinski definition) is 1. The third-order valence-corrected chi connectivity index (χ3v) is 4.29. The monoisotopic (exact) mass is 350 g/mol. The molecule has 128 valence electrons. The van der Waals surface area contributed by atoms with E-state index >= 15 is 0 Å². The number of nitro groups is 1. The Labute approximate surface area is 143 Å². The molecule has 0 aliphatic carbocycles. The molecule has 0 saturated carbocycles. The Morgan fingerprint density at radius 3 is 2.83 bits per heavy atom. The number of para-hydroxylation sites is 1. The molecule has 7 nitrogen and oxygen atoms in total. The first kappa shape index (κ1) is 18.0. The highest BCUT2D eigenvalue weighted by Crippen LogP contribution is 2.37. The summed E-state index contributed by atoms with van der Waals surface area (Å²) in [5.41, 5.74) is 0.876. The Balaban J connectivity index is 2.42. The smallest absolute Gasteiger partial charge is 0.336 e. The van der Waals surface area contributed by atoms with Gasteiger partial charge in [0.2, 0.25) is 5.91 Å². The van der Waals surface area contributed by atoms with Crippen LogP contribution in [0.25, 0.3) is 0 Å². The van der Waals surface area contributed by atoms with Gasteiger partial charge < -0.3 is 10.1 Å². The van der Waals surface area contributed by atoms with Crippen molar-refractivity contribution in [2.45, 2.75) is 19.3 Å². The molecule has 2 rings (SSSR count). The molecule has 0 bridgehead atoms. The van der Waals surface area contributed by atoms with Crippen molar-refractivity contribution in [2.75, 3.05) is 18.6 Å². The first-order valence-electron chi connectivity index (χ1n) is 7.35. The SMILES string of the molecule is CSCCOC(=O)C1=C(C)NC(=O)CC1c1ccccc1[N+](=O)[O-]. The number of nitro benzene ring substituents is 1. The number of carbonyl (C=O) groups excluding carboxylic acids is 2. The Morgan fingerprint density at radius 1 is 1.46 bits per heavy atom. The number of allylic oxidation sites excluding steroid dienone is 1. The molecule has 0 aromatic heterocycles. The maximum atomic E-state index is 12.4. The van der Waals surface area contributed by atoms with Crippen molar-refractivity contribution in [1.82, 2.24) is 5.32 Å². The van der Waals surface area contributed by atoms with E-state index in [0.29, 0.717) is 17.0 Å². The Kier molecular flexibility index (Phi) is 5.97. The Hall–Kier alpha value is -2.35. The van der Waals surface area contributed by atoms with Gasteiger partial charge in [-0.15, -0.1) is 0 Å². The summed E-state index contributed by atoms with van der Waals surface area (Å²) in [5, 5.41) is 13.9. The van der Waals surface area contributed by atoms with E-state index in [0.717, 1.165) is 0 Å². The summed E-state index contributed by atoms with van der Waals surface area (Å²) in [6.45, 7) is 1.85. The van der Waals surface area contributed by atoms with Crippen LogP contribution in [0, 0.1) is 10.1 Å². The van der Waals surface area contributed by atoms with E-state index in [4.69, 9.17) is 4.74 Å². The number of hydrogen-bond acceptors (Lipinski definition) is 6. The molecule has 1 N–H and O–H groups in total. The molecule has 1 aliphatic rings. The highest BCUT2D eigenvalue weighted by atomic mass is 32.2. The van der Waals surface area contributed by atoms with Crippen molar-refractivity contribution in [3.63, 3.8) is 0 Å². The number of carbonyl (C=O) groups is 2. The van der Waals surface area contributed by atoms with Crippen LogP contribution in [-0.2, 0) is 14.3 Å². The van der Waals surface area contributed by atoms with Gasteiger partial charge >= 0.3 is 5.97 Å². The molecule has 1 atom stereocenters. The number of nitrogens with zero attached hydrogens (tertiary/aromatic N) is 1. The quantitative estimate of drug-likeness (QED) is 0.366. The minimum Gasteiger partial charge on any atom is -0.461 e. The lowest BCUT2D eigenvalue weighted by Crippen LogP contribution is -2.34. The van der Waals surface area contributed by atoms with Crippen molar-refractivity contribution in [1.29, 1.82) is 0 Å². The molecule has 0 fully saturated rings. The van der Waals surface area contributed by atoms with Gasteiger partial charge in [-0.25, -0.2) is 4.79 Å². The minimum absolute atomic E-state index is 0.0326. The fraction of sp³-hybridized carbons (Fsp3) is 0.375. The van der Waals surface area contributed by atoms with Crippen molar-refractivity contribution >= 4 is 29.3 Å². The van der Waals surface area contributed by atoms with Crippen LogP contribution in [0.15, 0.2) is 35.5 Å². The second-order valence-corrected chi connectivity index (χ2v) is 6.27. The van der Waals surface area contributed by atoms with Gasteiger partial charge in [-0.1, -0.05) is 18.2 Å². The number of ether oxygens (including phenoxy) is 1. The highest BCUT2D eigenvalue weighted by molar-refractivity contribution is 7.98. The third kappa shape index (κ3) is 3.94. The summed E-state index contributed by atoms with van der Waals surface area (Å²) in [6.07, 6.45) is 1.87. The lowest BCUT2D eigenvalue weighted by Gasteiger charge is -2.26. The number of thioether (sulfide) groups is 1. The predicted molar refractivity (Wildman–Crippen MR) is 90.6 cm³/mol. The average Bonchev–Trinajstić information content (AvgIpc) is 2.54. The lowest BCUT2D eigenvalue weighted by atomic mass is 9.83. The summed E-state index contributed by atoms with van der Waals surface area (Å²) in [6, 6.07) is 6.15. The zero-order valence-corrected chi connectivity index (χ0v) is 14.2. The molecule has 1 aromatic carbocycles. The van der Waals surface area contributed by atoms with E-state index in [1.807, 2.05) is 6.26 Å². The van der Waals surface area contributed by atoms with Gasteiger partial charge in [0.05, 0.1) is 10.5 Å². The zero-order valence-electron chi connectivity index (χ0n) is 13.4. The van der Waals surface area contributed by atoms with E-state index in [1.54, 1.807) is 36.9 Å². The van der Waals surface area contributed by atoms with Crippen LogP contribution in [0.5, 0.6) is 0 Å². The summed E-state index contributed by atoms with van der Waals surface area (Å²) < 4.78 is 5.24. The number of amides is 1. The normalized spacial score (nSPS) is 17.4. The summed E-state index contributed by atoms with van der Waals surface area (Å²) in [7, 11) is 0. The van der Waals surface area contributed by atoms with Crippen LogP contribution in [-0.4, -0.2) is 35.4 Å². The molecule has 0 spiro atoms. The standard InChI is InChI=1S/C16H18N2O5S/c1-10-15(16(20)23-7-8-24-2)12(9-14(19)17-10)11-5-3-4-6-13(11)18(21)22/h3-6,12H,7-9H2,1-2H3,(H,17,19). The van der Waals surface area contributed by atoms with Gasteiger partial charge in [-0.05, 0) is 13.2 Å². The van der Waals surface area contributed by atoms with E-state index in [-0.39, 0.29) is 30.2 Å². The van der Waals surface area contributed by atoms with Gasteiger partial charge in [-0.3, -0.25) is 14.9 Å². The van der Waals surface area contributed by atoms with Crippen molar-refractivity contribution in [3.8, 4) is 0 Å². The predicted octanol–water partition coefficient (Wildman–Crippen LogP) is 2.38. The Bertz CT molecular complexity index is 701. The molecular weight excluding hydrogens is 332 g/mol. The molecule has 0 radical (unpaired) electrons.